The molecule has 0 N–H and O–H groups in total. The highest BCUT2D eigenvalue weighted by atomic mass is 32.1. The molecule has 3 heterocycles. The lowest BCUT2D eigenvalue weighted by Gasteiger charge is -2.11. The van der Waals surface area contributed by atoms with E-state index in [-0.39, 0.29) is 0 Å². The number of hydrogen-bond donors (Lipinski definition) is 0. The molecule has 158 valence electrons. The fourth-order valence-electron chi connectivity index (χ4n) is 5.05. The van der Waals surface area contributed by atoms with E-state index in [4.69, 9.17) is 0 Å². The molecule has 3 nitrogen and oxygen atoms in total. The Hall–Kier alpha value is -4.46. The van der Waals surface area contributed by atoms with E-state index < -0.39 is 0 Å². The largest absolute Gasteiger partial charge is 0.307 e. The molecule has 34 heavy (non-hydrogen) atoms. The van der Waals surface area contributed by atoms with Gasteiger partial charge in [0.2, 0.25) is 0 Å². The zero-order chi connectivity index (χ0) is 22.6. The Morgan fingerprint density at radius 3 is 2.03 bits per heavy atom. The Labute approximate surface area is 199 Å². The Balaban J connectivity index is 1.67. The third-order valence-corrected chi connectivity index (χ3v) is 7.77. The van der Waals surface area contributed by atoms with Crippen molar-refractivity contribution >= 4 is 53.3 Å². The van der Waals surface area contributed by atoms with Crippen molar-refractivity contribution in [2.45, 2.75) is 0 Å². The van der Waals surface area contributed by atoms with Crippen LogP contribution in [0.15, 0.2) is 103 Å². The number of nitrogens with zero attached hydrogens (tertiary/aromatic N) is 3. The predicted octanol–water partition coefficient (Wildman–Crippen LogP) is 8.09. The number of hydrogen-bond acceptors (Lipinski definition) is 3. The second kappa shape index (κ2) is 7.28. The van der Waals surface area contributed by atoms with Gasteiger partial charge >= 0.3 is 0 Å². The molecular weight excluding hydrogens is 434 g/mol. The lowest BCUT2D eigenvalue weighted by molar-refractivity contribution is 1.19. The van der Waals surface area contributed by atoms with Crippen molar-refractivity contribution in [2.24, 2.45) is 0 Å². The second-order valence-electron chi connectivity index (χ2n) is 8.32. The molecule has 0 bridgehead atoms. The molecule has 0 aliphatic rings. The lowest BCUT2D eigenvalue weighted by atomic mass is 10.0. The van der Waals surface area contributed by atoms with E-state index >= 15 is 0 Å². The maximum atomic E-state index is 10.2. The molecule has 3 aromatic heterocycles. The van der Waals surface area contributed by atoms with Crippen LogP contribution in [0.2, 0.25) is 0 Å². The smallest absolute Gasteiger partial charge is 0.101 e. The van der Waals surface area contributed by atoms with Gasteiger partial charge in [0.05, 0.1) is 32.7 Å². The summed E-state index contributed by atoms with van der Waals surface area (Å²) in [6.45, 7) is 0. The van der Waals surface area contributed by atoms with Crippen LogP contribution in [-0.4, -0.2) is 9.55 Å². The molecule has 0 fully saturated rings. The van der Waals surface area contributed by atoms with Crippen LogP contribution in [0.5, 0.6) is 0 Å². The number of fused-ring (bicyclic) bond motifs is 6. The molecule has 0 saturated heterocycles. The predicted molar refractivity (Wildman–Crippen MR) is 142 cm³/mol. The molecule has 0 radical (unpaired) electrons. The first-order valence-electron chi connectivity index (χ1n) is 11.1. The van der Waals surface area contributed by atoms with Crippen molar-refractivity contribution in [1.29, 1.82) is 5.26 Å². The van der Waals surface area contributed by atoms with Gasteiger partial charge in [0, 0.05) is 38.0 Å². The molecule has 4 heteroatoms. The minimum atomic E-state index is 0.671. The van der Waals surface area contributed by atoms with Crippen LogP contribution in [0.4, 0.5) is 0 Å². The van der Waals surface area contributed by atoms with Crippen molar-refractivity contribution < 1.29 is 0 Å². The zero-order valence-electron chi connectivity index (χ0n) is 18.1. The molecule has 0 aliphatic carbocycles. The van der Waals surface area contributed by atoms with Crippen LogP contribution < -0.4 is 0 Å². The van der Waals surface area contributed by atoms with E-state index in [1.165, 1.54) is 20.9 Å². The van der Waals surface area contributed by atoms with Crippen LogP contribution in [0.3, 0.4) is 0 Å². The molecule has 0 unspecified atom stereocenters. The highest BCUT2D eigenvalue weighted by molar-refractivity contribution is 7.26. The summed E-state index contributed by atoms with van der Waals surface area (Å²) in [4.78, 5) is 4.61. The Morgan fingerprint density at radius 1 is 0.647 bits per heavy atom. The van der Waals surface area contributed by atoms with Gasteiger partial charge in [-0.15, -0.1) is 11.3 Å². The van der Waals surface area contributed by atoms with Gasteiger partial charge in [-0.2, -0.15) is 5.26 Å². The summed E-state index contributed by atoms with van der Waals surface area (Å²) in [5, 5.41) is 14.9. The fraction of sp³-hybridized carbons (Fsp3) is 0. The van der Waals surface area contributed by atoms with Gasteiger partial charge in [-0.05, 0) is 30.3 Å². The van der Waals surface area contributed by atoms with E-state index in [1.807, 2.05) is 30.5 Å². The number of benzene rings is 4. The first-order valence-corrected chi connectivity index (χ1v) is 11.9. The fourth-order valence-corrected chi connectivity index (χ4v) is 6.41. The third kappa shape index (κ3) is 2.59. The molecule has 0 amide bonds. The van der Waals surface area contributed by atoms with Crippen molar-refractivity contribution in [3.8, 4) is 23.0 Å². The van der Waals surface area contributed by atoms with E-state index in [1.54, 1.807) is 11.3 Å². The Kier molecular flexibility index (Phi) is 4.08. The van der Waals surface area contributed by atoms with Gasteiger partial charge in [-0.3, -0.25) is 4.98 Å². The highest BCUT2D eigenvalue weighted by Gasteiger charge is 2.20. The quantitative estimate of drug-likeness (QED) is 0.266. The van der Waals surface area contributed by atoms with E-state index in [0.29, 0.717) is 5.56 Å². The van der Waals surface area contributed by atoms with Crippen LogP contribution >= 0.6 is 11.3 Å². The molecule has 7 rings (SSSR count). The Bertz CT molecular complexity index is 1870. The number of para-hydroxylation sites is 2. The van der Waals surface area contributed by atoms with Crippen LogP contribution in [-0.2, 0) is 0 Å². The summed E-state index contributed by atoms with van der Waals surface area (Å²) >= 11 is 1.74. The molecule has 0 spiro atoms. The number of pyridine rings is 1. The highest BCUT2D eigenvalue weighted by Crippen LogP contribution is 2.44. The molecule has 4 aromatic carbocycles. The maximum Gasteiger partial charge on any atom is 0.101 e. The van der Waals surface area contributed by atoms with Crippen molar-refractivity contribution in [3.05, 3.63) is 109 Å². The molecular formula is C30H17N3S. The summed E-state index contributed by atoms with van der Waals surface area (Å²) in [5.74, 6) is 0. The van der Waals surface area contributed by atoms with Gasteiger partial charge in [-0.1, -0.05) is 66.7 Å². The lowest BCUT2D eigenvalue weighted by Crippen LogP contribution is -1.97. The van der Waals surface area contributed by atoms with Crippen molar-refractivity contribution in [3.63, 3.8) is 0 Å². The summed E-state index contributed by atoms with van der Waals surface area (Å²) in [7, 11) is 0. The van der Waals surface area contributed by atoms with E-state index in [9.17, 15) is 5.26 Å². The first kappa shape index (κ1) is 19.0. The van der Waals surface area contributed by atoms with Gasteiger partial charge in [0.25, 0.3) is 0 Å². The summed E-state index contributed by atoms with van der Waals surface area (Å²) in [6, 6.07) is 35.8. The van der Waals surface area contributed by atoms with Gasteiger partial charge in [0.1, 0.15) is 6.07 Å². The summed E-state index contributed by atoms with van der Waals surface area (Å²) in [5.41, 5.74) is 5.91. The molecule has 0 atom stereocenters. The molecule has 7 aromatic rings. The van der Waals surface area contributed by atoms with Crippen LogP contribution in [0, 0.1) is 11.3 Å². The molecule has 0 saturated carbocycles. The topological polar surface area (TPSA) is 41.6 Å². The first-order chi connectivity index (χ1) is 16.8. The minimum Gasteiger partial charge on any atom is -0.307 e. The second-order valence-corrected chi connectivity index (χ2v) is 9.34. The van der Waals surface area contributed by atoms with E-state index in [2.05, 4.69) is 88.4 Å². The monoisotopic (exact) mass is 451 g/mol. The average molecular weight is 452 g/mol. The number of thiophene rings is 1. The van der Waals surface area contributed by atoms with E-state index in [0.717, 1.165) is 38.1 Å². The SMILES string of the molecule is N#Cc1ccc2c(sc3c(-c4ccccn4)cccc32)c1-n1c2ccccc2c2ccccc21. The zero-order valence-corrected chi connectivity index (χ0v) is 18.9. The standard InChI is InChI=1S/C30H17N3S/c31-18-19-15-16-23-22-10-7-11-24(25-12-5-6-17-32-25)29(22)34-30(23)28(19)33-26-13-3-1-8-20(26)21-9-2-4-14-27(21)33/h1-17H. The molecule has 0 aliphatic heterocycles. The van der Waals surface area contributed by atoms with Gasteiger partial charge < -0.3 is 4.57 Å². The number of aromatic nitrogens is 2. The van der Waals surface area contributed by atoms with Crippen LogP contribution in [0.1, 0.15) is 5.56 Å². The summed E-state index contributed by atoms with van der Waals surface area (Å²) in [6.07, 6.45) is 1.83. The van der Waals surface area contributed by atoms with Gasteiger partial charge in [-0.25, -0.2) is 0 Å². The van der Waals surface area contributed by atoms with Gasteiger partial charge in [0.15, 0.2) is 0 Å². The number of nitriles is 1. The number of rotatable bonds is 2. The third-order valence-electron chi connectivity index (χ3n) is 6.51. The average Bonchev–Trinajstić information content (AvgIpc) is 3.44. The van der Waals surface area contributed by atoms with Crippen LogP contribution in [0.25, 0.3) is 58.9 Å². The normalized spacial score (nSPS) is 11.5. The van der Waals surface area contributed by atoms with Crippen molar-refractivity contribution in [1.82, 2.24) is 9.55 Å². The Morgan fingerprint density at radius 2 is 1.32 bits per heavy atom. The summed E-state index contributed by atoms with van der Waals surface area (Å²) < 4.78 is 4.57. The van der Waals surface area contributed by atoms with Crippen molar-refractivity contribution in [2.75, 3.05) is 0 Å². The maximum absolute atomic E-state index is 10.2. The minimum absolute atomic E-state index is 0.671.